The summed E-state index contributed by atoms with van der Waals surface area (Å²) in [6, 6.07) is 14.4. The molecule has 162 valence electrons. The number of fused-ring (bicyclic) bond motifs is 1. The third-order valence-corrected chi connectivity index (χ3v) is 6.46. The van der Waals surface area contributed by atoms with Crippen molar-refractivity contribution in [1.29, 1.82) is 0 Å². The van der Waals surface area contributed by atoms with E-state index >= 15 is 0 Å². The second-order valence-corrected chi connectivity index (χ2v) is 8.57. The lowest BCUT2D eigenvalue weighted by atomic mass is 10.2. The van der Waals surface area contributed by atoms with Crippen LogP contribution in [-0.2, 0) is 9.59 Å². The highest BCUT2D eigenvalue weighted by molar-refractivity contribution is 8.04. The summed E-state index contributed by atoms with van der Waals surface area (Å²) in [6.07, 6.45) is 2.18. The maximum atomic E-state index is 13.9. The number of para-hydroxylation sites is 2. The van der Waals surface area contributed by atoms with Crippen LogP contribution >= 0.6 is 11.8 Å². The van der Waals surface area contributed by atoms with Crippen LogP contribution in [0.1, 0.15) is 6.42 Å². The molecule has 1 saturated heterocycles. The topological polar surface area (TPSA) is 64.7 Å². The Morgan fingerprint density at radius 3 is 2.65 bits per heavy atom. The molecule has 0 bridgehead atoms. The van der Waals surface area contributed by atoms with Gasteiger partial charge in [0.15, 0.2) is 0 Å². The summed E-state index contributed by atoms with van der Waals surface area (Å²) in [5.41, 5.74) is 1.43. The highest BCUT2D eigenvalue weighted by atomic mass is 32.2. The van der Waals surface area contributed by atoms with Gasteiger partial charge >= 0.3 is 0 Å². The predicted octanol–water partition coefficient (Wildman–Crippen LogP) is 3.08. The monoisotopic (exact) mass is 440 g/mol. The normalized spacial score (nSPS) is 17.9. The molecule has 2 aliphatic heterocycles. The van der Waals surface area contributed by atoms with Crippen molar-refractivity contribution in [2.45, 2.75) is 11.3 Å². The molecule has 4 rings (SSSR count). The van der Waals surface area contributed by atoms with Crippen LogP contribution in [0.25, 0.3) is 0 Å². The van der Waals surface area contributed by atoms with Crippen LogP contribution in [-0.4, -0.2) is 56.0 Å². The fraction of sp³-hybridized carbons (Fsp3) is 0.304. The first kappa shape index (κ1) is 21.4. The molecule has 0 spiro atoms. The molecule has 0 atom stereocenters. The molecule has 0 aromatic heterocycles. The molecule has 2 aromatic rings. The molecule has 2 N–H and O–H groups in total. The van der Waals surface area contributed by atoms with Crippen molar-refractivity contribution >= 4 is 35.0 Å². The van der Waals surface area contributed by atoms with Crippen molar-refractivity contribution in [2.24, 2.45) is 0 Å². The summed E-state index contributed by atoms with van der Waals surface area (Å²) in [4.78, 5) is 30.1. The van der Waals surface area contributed by atoms with Crippen LogP contribution in [0.2, 0.25) is 0 Å². The molecule has 2 amide bonds. The maximum Gasteiger partial charge on any atom is 0.262 e. The van der Waals surface area contributed by atoms with E-state index in [1.807, 2.05) is 36.4 Å². The Bertz CT molecular complexity index is 989. The van der Waals surface area contributed by atoms with Gasteiger partial charge in [-0.15, -0.1) is 0 Å². The summed E-state index contributed by atoms with van der Waals surface area (Å²) < 4.78 is 13.9. The number of halogens is 1. The summed E-state index contributed by atoms with van der Waals surface area (Å²) in [7, 11) is 0. The van der Waals surface area contributed by atoms with Gasteiger partial charge in [0.2, 0.25) is 5.91 Å². The number of carbonyl (C=O) groups is 2. The highest BCUT2D eigenvalue weighted by Crippen LogP contribution is 2.37. The lowest BCUT2D eigenvalue weighted by Crippen LogP contribution is -2.47. The van der Waals surface area contributed by atoms with Gasteiger partial charge in [0.1, 0.15) is 5.82 Å². The Kier molecular flexibility index (Phi) is 6.89. The third kappa shape index (κ3) is 5.45. The standard InChI is InChI=1S/C23H25FN4O2S/c24-17-6-1-3-8-19(17)28-14-12-27(13-15-28)11-5-10-25-22(29)16-21-23(30)26-18-7-2-4-9-20(18)31-21/h1-4,6-9,16H,5,10-15H2,(H,25,29)(H,26,30)/b21-16-. The number of hydrogen-bond acceptors (Lipinski definition) is 5. The Labute approximate surface area is 185 Å². The second kappa shape index (κ2) is 9.98. The van der Waals surface area contributed by atoms with E-state index in [9.17, 15) is 14.0 Å². The van der Waals surface area contributed by atoms with E-state index in [-0.39, 0.29) is 17.6 Å². The molecule has 31 heavy (non-hydrogen) atoms. The molecule has 6 nitrogen and oxygen atoms in total. The Morgan fingerprint density at radius 2 is 1.84 bits per heavy atom. The lowest BCUT2D eigenvalue weighted by molar-refractivity contribution is -0.117. The van der Waals surface area contributed by atoms with E-state index in [1.54, 1.807) is 6.07 Å². The largest absolute Gasteiger partial charge is 0.367 e. The number of nitrogens with zero attached hydrogens (tertiary/aromatic N) is 2. The van der Waals surface area contributed by atoms with Crippen molar-refractivity contribution < 1.29 is 14.0 Å². The van der Waals surface area contributed by atoms with Gasteiger partial charge in [-0.1, -0.05) is 36.0 Å². The molecule has 2 heterocycles. The molecule has 2 aromatic carbocycles. The molecule has 2 aliphatic rings. The number of thioether (sulfide) groups is 1. The van der Waals surface area contributed by atoms with E-state index in [1.165, 1.54) is 23.9 Å². The van der Waals surface area contributed by atoms with Crippen molar-refractivity contribution in [2.75, 3.05) is 49.5 Å². The Balaban J connectivity index is 1.18. The molecule has 1 fully saturated rings. The van der Waals surface area contributed by atoms with E-state index in [0.29, 0.717) is 17.1 Å². The van der Waals surface area contributed by atoms with Crippen LogP contribution in [0.3, 0.4) is 0 Å². The van der Waals surface area contributed by atoms with Gasteiger partial charge in [-0.05, 0) is 37.2 Å². The first-order valence-electron chi connectivity index (χ1n) is 10.4. The third-order valence-electron chi connectivity index (χ3n) is 5.36. The average Bonchev–Trinajstić information content (AvgIpc) is 2.78. The number of anilines is 2. The van der Waals surface area contributed by atoms with Gasteiger partial charge in [0.05, 0.1) is 16.3 Å². The van der Waals surface area contributed by atoms with Crippen LogP contribution < -0.4 is 15.5 Å². The maximum absolute atomic E-state index is 13.9. The van der Waals surface area contributed by atoms with Crippen molar-refractivity contribution in [3.63, 3.8) is 0 Å². The van der Waals surface area contributed by atoms with Gasteiger partial charge in [-0.2, -0.15) is 0 Å². The molecule has 0 radical (unpaired) electrons. The van der Waals surface area contributed by atoms with E-state index < -0.39 is 0 Å². The number of benzene rings is 2. The number of nitrogens with one attached hydrogen (secondary N) is 2. The van der Waals surface area contributed by atoms with Crippen molar-refractivity contribution in [1.82, 2.24) is 10.2 Å². The zero-order chi connectivity index (χ0) is 21.6. The van der Waals surface area contributed by atoms with Crippen molar-refractivity contribution in [3.05, 3.63) is 65.3 Å². The summed E-state index contributed by atoms with van der Waals surface area (Å²) in [6.45, 7) is 4.70. The van der Waals surface area contributed by atoms with Crippen molar-refractivity contribution in [3.8, 4) is 0 Å². The van der Waals surface area contributed by atoms with E-state index in [2.05, 4.69) is 20.4 Å². The highest BCUT2D eigenvalue weighted by Gasteiger charge is 2.22. The fourth-order valence-electron chi connectivity index (χ4n) is 3.71. The number of carbonyl (C=O) groups excluding carboxylic acids is 2. The zero-order valence-electron chi connectivity index (χ0n) is 17.1. The predicted molar refractivity (Wildman–Crippen MR) is 122 cm³/mol. The fourth-order valence-corrected chi connectivity index (χ4v) is 4.63. The summed E-state index contributed by atoms with van der Waals surface area (Å²) in [5, 5.41) is 5.66. The second-order valence-electron chi connectivity index (χ2n) is 7.49. The van der Waals surface area contributed by atoms with Crippen LogP contribution in [0.15, 0.2) is 64.4 Å². The zero-order valence-corrected chi connectivity index (χ0v) is 18.0. The van der Waals surface area contributed by atoms with Gasteiger partial charge in [-0.3, -0.25) is 14.5 Å². The molecule has 8 heteroatoms. The van der Waals surface area contributed by atoms with Crippen LogP contribution in [0, 0.1) is 5.82 Å². The number of rotatable bonds is 6. The Hall–Kier alpha value is -2.84. The molecule has 0 aliphatic carbocycles. The Morgan fingerprint density at radius 1 is 1.10 bits per heavy atom. The average molecular weight is 441 g/mol. The van der Waals surface area contributed by atoms with Gasteiger partial charge in [-0.25, -0.2) is 4.39 Å². The molecular weight excluding hydrogens is 415 g/mol. The molecule has 0 unspecified atom stereocenters. The minimum Gasteiger partial charge on any atom is -0.367 e. The minimum absolute atomic E-state index is 0.180. The van der Waals surface area contributed by atoms with Gasteiger partial charge < -0.3 is 15.5 Å². The first-order chi connectivity index (χ1) is 15.1. The minimum atomic E-state index is -0.263. The molecular formula is C23H25FN4O2S. The number of piperazine rings is 1. The van der Waals surface area contributed by atoms with E-state index in [0.717, 1.165) is 49.7 Å². The molecule has 0 saturated carbocycles. The van der Waals surface area contributed by atoms with Gasteiger partial charge in [0.25, 0.3) is 5.91 Å². The number of amides is 2. The number of hydrogen-bond donors (Lipinski definition) is 2. The van der Waals surface area contributed by atoms with E-state index in [4.69, 9.17) is 0 Å². The quantitative estimate of drug-likeness (QED) is 0.534. The van der Waals surface area contributed by atoms with Crippen LogP contribution in [0.4, 0.5) is 15.8 Å². The SMILES string of the molecule is O=C(/C=C1\Sc2ccccc2NC1=O)NCCCN1CCN(c2ccccc2F)CC1. The van der Waals surface area contributed by atoms with Gasteiger partial charge in [0, 0.05) is 43.7 Å². The lowest BCUT2D eigenvalue weighted by Gasteiger charge is -2.36. The summed E-state index contributed by atoms with van der Waals surface area (Å²) >= 11 is 1.30. The summed E-state index contributed by atoms with van der Waals surface area (Å²) in [5.74, 6) is -0.700. The first-order valence-corrected chi connectivity index (χ1v) is 11.2. The van der Waals surface area contributed by atoms with Crippen LogP contribution in [0.5, 0.6) is 0 Å². The smallest absolute Gasteiger partial charge is 0.262 e.